The first-order chi connectivity index (χ1) is 42.9. The first kappa shape index (κ1) is 50.3. The van der Waals surface area contributed by atoms with Crippen LogP contribution in [0.1, 0.15) is 25.0 Å². The lowest BCUT2D eigenvalue weighted by atomic mass is 9.78. The summed E-state index contributed by atoms with van der Waals surface area (Å²) >= 11 is 0. The number of benzene rings is 14. The van der Waals surface area contributed by atoms with E-state index in [0.717, 1.165) is 123 Å². The SMILES string of the molecule is CC1(C)c2c(ccc3cc(N(c4cc(-c5ccccc5)ccc4-c4ccccc4)c4cccc5c4oc4ccccc45)ccc23)-c2ccc3cc(N(c4cc(-c5ccccc5)ccc4-c4ccccc4)c4cccc5c4oc4ccccc45)ccc3c21. The lowest BCUT2D eigenvalue weighted by Gasteiger charge is -2.30. The van der Waals surface area contributed by atoms with Crippen LogP contribution in [0.25, 0.3) is 121 Å². The number of para-hydroxylation sites is 4. The lowest BCUT2D eigenvalue weighted by Crippen LogP contribution is -2.16. The third kappa shape index (κ3) is 8.13. The number of nitrogens with zero attached hydrogens (tertiary/aromatic N) is 2. The van der Waals surface area contributed by atoms with Crippen LogP contribution in [0.4, 0.5) is 34.1 Å². The van der Waals surface area contributed by atoms with E-state index in [1.54, 1.807) is 0 Å². The normalized spacial score (nSPS) is 12.6. The fourth-order valence-electron chi connectivity index (χ4n) is 14.2. The van der Waals surface area contributed by atoms with Gasteiger partial charge in [0, 0.05) is 49.5 Å². The Bertz CT molecular complexity index is 5040. The van der Waals surface area contributed by atoms with Crippen LogP contribution < -0.4 is 9.80 Å². The monoisotopic (exact) mass is 1110 g/mol. The molecule has 0 saturated heterocycles. The molecule has 410 valence electrons. The number of rotatable bonds is 10. The maximum absolute atomic E-state index is 6.90. The third-order valence-corrected chi connectivity index (χ3v) is 18.2. The fourth-order valence-corrected chi connectivity index (χ4v) is 14.2. The van der Waals surface area contributed by atoms with Crippen molar-refractivity contribution in [2.45, 2.75) is 19.3 Å². The number of anilines is 6. The summed E-state index contributed by atoms with van der Waals surface area (Å²) in [5, 5.41) is 9.17. The van der Waals surface area contributed by atoms with E-state index < -0.39 is 0 Å². The summed E-state index contributed by atoms with van der Waals surface area (Å²) in [6.45, 7) is 4.84. The smallest absolute Gasteiger partial charge is 0.159 e. The standard InChI is InChI=1S/C83H56N2O2/c1-83(2)79-65-47-41-61(84(73-33-19-31-71-67-29-15-17-35-77(67)86-81(71)73)75-51-57(53-21-7-3-8-22-53)37-43-63(75)55-25-11-5-12-26-55)49-59(65)39-45-69(79)70-46-40-60-50-62(42-48-66(60)80(70)83)85(74-34-20-32-72-68-30-16-18-36-78(68)87-82(72)74)76-52-58(54-23-9-4-10-24-54)38-44-64(76)56-27-13-6-14-28-56/h3-52H,1-2H3. The molecule has 0 saturated carbocycles. The molecule has 16 aromatic rings. The summed E-state index contributed by atoms with van der Waals surface area (Å²) in [6, 6.07) is 110. The largest absolute Gasteiger partial charge is 0.454 e. The van der Waals surface area contributed by atoms with Crippen LogP contribution in [0.2, 0.25) is 0 Å². The Morgan fingerprint density at radius 1 is 0.253 bits per heavy atom. The average Bonchev–Trinajstić information content (AvgIpc) is 1.88. The molecule has 0 spiro atoms. The van der Waals surface area contributed by atoms with Crippen molar-refractivity contribution in [3.63, 3.8) is 0 Å². The van der Waals surface area contributed by atoms with Crippen molar-refractivity contribution in [1.82, 2.24) is 0 Å². The van der Waals surface area contributed by atoms with Gasteiger partial charge in [0.2, 0.25) is 0 Å². The predicted molar refractivity (Wildman–Crippen MR) is 365 cm³/mol. The van der Waals surface area contributed by atoms with Crippen molar-refractivity contribution in [2.75, 3.05) is 9.80 Å². The van der Waals surface area contributed by atoms with Gasteiger partial charge >= 0.3 is 0 Å². The lowest BCUT2D eigenvalue weighted by molar-refractivity contribution is 0.668. The molecule has 14 aromatic carbocycles. The zero-order chi connectivity index (χ0) is 57.7. The molecule has 0 radical (unpaired) electrons. The minimum atomic E-state index is -0.360. The summed E-state index contributed by atoms with van der Waals surface area (Å²) in [6.07, 6.45) is 0. The fraction of sp³-hybridized carbons (Fsp3) is 0.0361. The van der Waals surface area contributed by atoms with Crippen LogP contribution in [0, 0.1) is 0 Å². The van der Waals surface area contributed by atoms with Gasteiger partial charge in [0.1, 0.15) is 11.2 Å². The highest BCUT2D eigenvalue weighted by Crippen LogP contribution is 2.56. The average molecular weight is 1110 g/mol. The highest BCUT2D eigenvalue weighted by atomic mass is 16.3. The van der Waals surface area contributed by atoms with Crippen LogP contribution in [-0.4, -0.2) is 0 Å². The van der Waals surface area contributed by atoms with Gasteiger partial charge in [0.15, 0.2) is 11.2 Å². The maximum Gasteiger partial charge on any atom is 0.159 e. The molecule has 2 heterocycles. The number of furan rings is 2. The molecule has 87 heavy (non-hydrogen) atoms. The second kappa shape index (κ2) is 20.0. The summed E-state index contributed by atoms with van der Waals surface area (Å²) in [4.78, 5) is 4.85. The van der Waals surface area contributed by atoms with Gasteiger partial charge in [-0.2, -0.15) is 0 Å². The Balaban J connectivity index is 0.834. The van der Waals surface area contributed by atoms with Crippen molar-refractivity contribution < 1.29 is 8.83 Å². The molecule has 0 fully saturated rings. The van der Waals surface area contributed by atoms with Crippen molar-refractivity contribution in [2.24, 2.45) is 0 Å². The molecule has 1 aliphatic carbocycles. The van der Waals surface area contributed by atoms with Crippen molar-refractivity contribution in [1.29, 1.82) is 0 Å². The quantitative estimate of drug-likeness (QED) is 0.137. The number of hydrogen-bond donors (Lipinski definition) is 0. The van der Waals surface area contributed by atoms with Crippen LogP contribution >= 0.6 is 0 Å². The summed E-state index contributed by atoms with van der Waals surface area (Å²) < 4.78 is 13.8. The van der Waals surface area contributed by atoms with E-state index in [1.165, 1.54) is 43.8 Å². The Morgan fingerprint density at radius 3 is 1.05 bits per heavy atom. The molecular weight excluding hydrogens is 1060 g/mol. The van der Waals surface area contributed by atoms with Crippen molar-refractivity contribution in [3.05, 3.63) is 314 Å². The van der Waals surface area contributed by atoms with E-state index in [2.05, 4.69) is 327 Å². The van der Waals surface area contributed by atoms with Crippen LogP contribution in [0.5, 0.6) is 0 Å². The van der Waals surface area contributed by atoms with E-state index in [4.69, 9.17) is 8.83 Å². The second-order valence-electron chi connectivity index (χ2n) is 23.5. The molecule has 0 N–H and O–H groups in total. The molecule has 4 heteroatoms. The minimum Gasteiger partial charge on any atom is -0.454 e. The zero-order valence-corrected chi connectivity index (χ0v) is 48.1. The zero-order valence-electron chi connectivity index (χ0n) is 48.1. The van der Waals surface area contributed by atoms with Crippen molar-refractivity contribution >= 4 is 99.5 Å². The van der Waals surface area contributed by atoms with E-state index in [-0.39, 0.29) is 5.41 Å². The van der Waals surface area contributed by atoms with Gasteiger partial charge < -0.3 is 18.6 Å². The number of hydrogen-bond acceptors (Lipinski definition) is 4. The van der Waals surface area contributed by atoms with Gasteiger partial charge in [0.05, 0.1) is 22.7 Å². The Labute approximate surface area is 504 Å². The topological polar surface area (TPSA) is 32.8 Å². The minimum absolute atomic E-state index is 0.360. The van der Waals surface area contributed by atoms with E-state index in [0.29, 0.717) is 0 Å². The van der Waals surface area contributed by atoms with E-state index in [9.17, 15) is 0 Å². The predicted octanol–water partition coefficient (Wildman–Crippen LogP) is 23.7. The first-order valence-electron chi connectivity index (χ1n) is 30.0. The number of fused-ring (bicyclic) bond motifs is 13. The Hall–Kier alpha value is -11.2. The van der Waals surface area contributed by atoms with Crippen molar-refractivity contribution in [3.8, 4) is 55.6 Å². The summed E-state index contributed by atoms with van der Waals surface area (Å²) in [5.41, 5.74) is 23.5. The molecule has 0 aliphatic heterocycles. The van der Waals surface area contributed by atoms with Gasteiger partial charge in [-0.15, -0.1) is 0 Å². The Morgan fingerprint density at radius 2 is 0.621 bits per heavy atom. The molecule has 4 nitrogen and oxygen atoms in total. The van der Waals surface area contributed by atoms with Gasteiger partial charge in [0.25, 0.3) is 0 Å². The molecule has 0 amide bonds. The van der Waals surface area contributed by atoms with E-state index in [1.807, 2.05) is 0 Å². The third-order valence-electron chi connectivity index (χ3n) is 18.2. The van der Waals surface area contributed by atoms with E-state index >= 15 is 0 Å². The highest BCUT2D eigenvalue weighted by molar-refractivity contribution is 6.14. The molecule has 0 bridgehead atoms. The second-order valence-corrected chi connectivity index (χ2v) is 23.5. The van der Waals surface area contributed by atoms with Gasteiger partial charge in [-0.3, -0.25) is 0 Å². The first-order valence-corrected chi connectivity index (χ1v) is 30.0. The molecule has 0 atom stereocenters. The van der Waals surface area contributed by atoms with Crippen LogP contribution in [0.3, 0.4) is 0 Å². The van der Waals surface area contributed by atoms with Crippen LogP contribution in [-0.2, 0) is 5.41 Å². The van der Waals surface area contributed by atoms with Gasteiger partial charge in [-0.05, 0) is 138 Å². The molecule has 2 aromatic heterocycles. The molecule has 0 unspecified atom stereocenters. The molecule has 1 aliphatic rings. The summed E-state index contributed by atoms with van der Waals surface area (Å²) in [5.74, 6) is 0. The maximum atomic E-state index is 6.90. The summed E-state index contributed by atoms with van der Waals surface area (Å²) in [7, 11) is 0. The highest BCUT2D eigenvalue weighted by Gasteiger charge is 2.39. The van der Waals surface area contributed by atoms with Crippen LogP contribution in [0.15, 0.2) is 312 Å². The van der Waals surface area contributed by atoms with Gasteiger partial charge in [-0.25, -0.2) is 0 Å². The molecular formula is C83H56N2O2. The Kier molecular flexibility index (Phi) is 11.6. The molecule has 17 rings (SSSR count). The van der Waals surface area contributed by atoms with Gasteiger partial charge in [-0.1, -0.05) is 257 Å².